The van der Waals surface area contributed by atoms with E-state index in [1.165, 1.54) is 19.3 Å². The van der Waals surface area contributed by atoms with Gasteiger partial charge in [0.15, 0.2) is 0 Å². The first-order chi connectivity index (χ1) is 8.28. The van der Waals surface area contributed by atoms with Gasteiger partial charge >= 0.3 is 0 Å². The maximum atomic E-state index is 9.15. The highest BCUT2D eigenvalue weighted by atomic mass is 16.4. The van der Waals surface area contributed by atoms with E-state index in [0.29, 0.717) is 17.9 Å². The maximum Gasteiger partial charge on any atom is 0.0787 e. The van der Waals surface area contributed by atoms with E-state index in [9.17, 15) is 0 Å². The molecule has 0 spiro atoms. The van der Waals surface area contributed by atoms with Crippen molar-refractivity contribution in [1.29, 1.82) is 0 Å². The highest BCUT2D eigenvalue weighted by Gasteiger charge is 2.46. The molecule has 2 N–H and O–H groups in total. The first-order valence-electron chi connectivity index (χ1n) is 6.69. The summed E-state index contributed by atoms with van der Waals surface area (Å²) in [5, 5.41) is 15.0. The van der Waals surface area contributed by atoms with Crippen molar-refractivity contribution in [1.82, 2.24) is 15.3 Å². The molecule has 1 aliphatic heterocycles. The van der Waals surface area contributed by atoms with Crippen molar-refractivity contribution in [3.63, 3.8) is 0 Å². The standard InChI is InChI=1S/C12H22N4O/c1-15-4-6-16(7-5-15)13-11-9-2-3-10(8-9)12(11)14-17/h9-11,13,17H,2-8H2,1H3/b14-12+/t9-,10-,11-/m0/s1. The Balaban J connectivity index is 1.61. The molecule has 0 radical (unpaired) electrons. The van der Waals surface area contributed by atoms with Gasteiger partial charge in [0, 0.05) is 32.1 Å². The Hall–Kier alpha value is -0.650. The number of nitrogens with one attached hydrogen (secondary N) is 1. The second kappa shape index (κ2) is 4.55. The van der Waals surface area contributed by atoms with Gasteiger partial charge in [-0.3, -0.25) is 0 Å². The number of oxime groups is 1. The highest BCUT2D eigenvalue weighted by molar-refractivity contribution is 5.94. The minimum atomic E-state index is 0.294. The number of rotatable bonds is 2. The number of likely N-dealkylation sites (N-methyl/N-ethyl adjacent to an activating group) is 1. The van der Waals surface area contributed by atoms with Gasteiger partial charge in [-0.05, 0) is 32.2 Å². The lowest BCUT2D eigenvalue weighted by atomic mass is 9.94. The van der Waals surface area contributed by atoms with Gasteiger partial charge in [-0.1, -0.05) is 5.16 Å². The molecule has 3 fully saturated rings. The Kier molecular flexibility index (Phi) is 3.06. The first-order valence-corrected chi connectivity index (χ1v) is 6.69. The van der Waals surface area contributed by atoms with Gasteiger partial charge in [0.2, 0.25) is 0 Å². The van der Waals surface area contributed by atoms with E-state index in [0.717, 1.165) is 31.9 Å². The lowest BCUT2D eigenvalue weighted by Gasteiger charge is -2.36. The summed E-state index contributed by atoms with van der Waals surface area (Å²) in [5.74, 6) is 1.22. The van der Waals surface area contributed by atoms with E-state index in [-0.39, 0.29) is 0 Å². The summed E-state index contributed by atoms with van der Waals surface area (Å²) >= 11 is 0. The Morgan fingerprint density at radius 1 is 1.24 bits per heavy atom. The largest absolute Gasteiger partial charge is 0.411 e. The molecule has 0 aromatic rings. The molecule has 96 valence electrons. The second-order valence-electron chi connectivity index (χ2n) is 5.69. The molecule has 17 heavy (non-hydrogen) atoms. The number of nitrogens with zero attached hydrogens (tertiary/aromatic N) is 3. The van der Waals surface area contributed by atoms with Gasteiger partial charge in [0.1, 0.15) is 0 Å². The summed E-state index contributed by atoms with van der Waals surface area (Å²) in [5.41, 5.74) is 4.59. The van der Waals surface area contributed by atoms with Gasteiger partial charge in [0.25, 0.3) is 0 Å². The smallest absolute Gasteiger partial charge is 0.0787 e. The normalized spacial score (nSPS) is 41.5. The Bertz CT molecular complexity index is 312. The molecule has 1 heterocycles. The third kappa shape index (κ3) is 2.07. The number of piperazine rings is 1. The van der Waals surface area contributed by atoms with Crippen molar-refractivity contribution in [2.75, 3.05) is 33.2 Å². The minimum absolute atomic E-state index is 0.294. The zero-order valence-electron chi connectivity index (χ0n) is 10.5. The van der Waals surface area contributed by atoms with Crippen molar-refractivity contribution in [3.05, 3.63) is 0 Å². The zero-order valence-corrected chi connectivity index (χ0v) is 10.5. The Labute approximate surface area is 102 Å². The maximum absolute atomic E-state index is 9.15. The third-order valence-electron chi connectivity index (χ3n) is 4.62. The van der Waals surface area contributed by atoms with Gasteiger partial charge < -0.3 is 10.1 Å². The number of hydrazine groups is 1. The molecule has 1 saturated heterocycles. The first kappa shape index (κ1) is 11.4. The van der Waals surface area contributed by atoms with E-state index >= 15 is 0 Å². The fourth-order valence-corrected chi connectivity index (χ4v) is 3.53. The van der Waals surface area contributed by atoms with Crippen LogP contribution in [-0.4, -0.2) is 60.1 Å². The molecule has 5 heteroatoms. The minimum Gasteiger partial charge on any atom is -0.411 e. The van der Waals surface area contributed by atoms with E-state index < -0.39 is 0 Å². The van der Waals surface area contributed by atoms with Gasteiger partial charge in [0.05, 0.1) is 11.8 Å². The molecule has 3 atom stereocenters. The predicted molar refractivity (Wildman–Crippen MR) is 66.0 cm³/mol. The van der Waals surface area contributed by atoms with E-state index in [2.05, 4.69) is 27.5 Å². The van der Waals surface area contributed by atoms with Crippen LogP contribution in [-0.2, 0) is 0 Å². The molecule has 3 rings (SSSR count). The van der Waals surface area contributed by atoms with Crippen LogP contribution >= 0.6 is 0 Å². The monoisotopic (exact) mass is 238 g/mol. The molecule has 2 saturated carbocycles. The lowest BCUT2D eigenvalue weighted by Crippen LogP contribution is -2.56. The molecule has 2 aliphatic carbocycles. The van der Waals surface area contributed by atoms with Gasteiger partial charge in [-0.2, -0.15) is 0 Å². The highest BCUT2D eigenvalue weighted by Crippen LogP contribution is 2.42. The number of hydrogen-bond donors (Lipinski definition) is 2. The quantitative estimate of drug-likeness (QED) is 0.539. The van der Waals surface area contributed by atoms with E-state index in [4.69, 9.17) is 5.21 Å². The fourth-order valence-electron chi connectivity index (χ4n) is 3.53. The van der Waals surface area contributed by atoms with Crippen molar-refractivity contribution < 1.29 is 5.21 Å². The van der Waals surface area contributed by atoms with Crippen molar-refractivity contribution in [2.24, 2.45) is 17.0 Å². The Morgan fingerprint density at radius 2 is 2.00 bits per heavy atom. The topological polar surface area (TPSA) is 51.1 Å². The molecule has 0 aromatic heterocycles. The molecule has 0 aromatic carbocycles. The van der Waals surface area contributed by atoms with E-state index in [1.54, 1.807) is 0 Å². The second-order valence-corrected chi connectivity index (χ2v) is 5.69. The molecule has 0 amide bonds. The van der Waals surface area contributed by atoms with Crippen LogP contribution in [0.2, 0.25) is 0 Å². The summed E-state index contributed by atoms with van der Waals surface area (Å²) in [7, 11) is 2.16. The molecule has 0 unspecified atom stereocenters. The van der Waals surface area contributed by atoms with Crippen LogP contribution in [0, 0.1) is 11.8 Å². The van der Waals surface area contributed by atoms with Crippen LogP contribution in [0.5, 0.6) is 0 Å². The van der Waals surface area contributed by atoms with Crippen molar-refractivity contribution >= 4 is 5.71 Å². The van der Waals surface area contributed by atoms with Crippen LogP contribution < -0.4 is 5.43 Å². The fraction of sp³-hybridized carbons (Fsp3) is 0.917. The SMILES string of the molecule is CN1CCN(N[C@@H]2/C(=N/O)[C@H]3CC[C@H]2C3)CC1. The van der Waals surface area contributed by atoms with Gasteiger partial charge in [-0.15, -0.1) is 0 Å². The number of fused-ring (bicyclic) bond motifs is 2. The summed E-state index contributed by atoms with van der Waals surface area (Å²) < 4.78 is 0. The molecular formula is C12H22N4O. The molecule has 5 nitrogen and oxygen atoms in total. The average Bonchev–Trinajstić information content (AvgIpc) is 2.92. The van der Waals surface area contributed by atoms with Crippen LogP contribution in [0.3, 0.4) is 0 Å². The van der Waals surface area contributed by atoms with Crippen molar-refractivity contribution in [3.8, 4) is 0 Å². The van der Waals surface area contributed by atoms with Crippen LogP contribution in [0.1, 0.15) is 19.3 Å². The van der Waals surface area contributed by atoms with Crippen LogP contribution in [0.15, 0.2) is 5.16 Å². The number of hydrogen-bond acceptors (Lipinski definition) is 5. The molecule has 2 bridgehead atoms. The average molecular weight is 238 g/mol. The van der Waals surface area contributed by atoms with Crippen LogP contribution in [0.25, 0.3) is 0 Å². The van der Waals surface area contributed by atoms with Crippen molar-refractivity contribution in [2.45, 2.75) is 25.3 Å². The summed E-state index contributed by atoms with van der Waals surface area (Å²) in [6.45, 7) is 4.34. The van der Waals surface area contributed by atoms with E-state index in [1.807, 2.05) is 0 Å². The summed E-state index contributed by atoms with van der Waals surface area (Å²) in [4.78, 5) is 2.35. The Morgan fingerprint density at radius 3 is 2.71 bits per heavy atom. The van der Waals surface area contributed by atoms with Crippen LogP contribution in [0.4, 0.5) is 0 Å². The predicted octanol–water partition coefficient (Wildman–Crippen LogP) is 0.367. The third-order valence-corrected chi connectivity index (χ3v) is 4.62. The summed E-state index contributed by atoms with van der Waals surface area (Å²) in [6, 6.07) is 0.294. The zero-order chi connectivity index (χ0) is 11.8. The molecular weight excluding hydrogens is 216 g/mol. The lowest BCUT2D eigenvalue weighted by molar-refractivity contribution is 0.0884. The van der Waals surface area contributed by atoms with Gasteiger partial charge in [-0.25, -0.2) is 10.4 Å². The summed E-state index contributed by atoms with van der Waals surface area (Å²) in [6.07, 6.45) is 3.71. The molecule has 3 aliphatic rings.